The summed E-state index contributed by atoms with van der Waals surface area (Å²) in [5, 5.41) is 3.49. The van der Waals surface area contributed by atoms with Gasteiger partial charge < -0.3 is 11.1 Å². The van der Waals surface area contributed by atoms with Crippen molar-refractivity contribution in [3.8, 4) is 0 Å². The van der Waals surface area contributed by atoms with Crippen LogP contribution in [-0.2, 0) is 6.42 Å². The van der Waals surface area contributed by atoms with Crippen LogP contribution in [0.4, 0.5) is 5.82 Å². The first-order chi connectivity index (χ1) is 9.15. The largest absolute Gasteiger partial charge is 0.361 e. The Morgan fingerprint density at radius 2 is 2.16 bits per heavy atom. The molecular weight excluding hydrogens is 302 g/mol. The van der Waals surface area contributed by atoms with Gasteiger partial charge in [0.05, 0.1) is 6.04 Å². The molecule has 0 radical (unpaired) electrons. The maximum atomic E-state index is 6.26. The summed E-state index contributed by atoms with van der Waals surface area (Å²) in [6.45, 7) is 2.05. The molecule has 1 aromatic carbocycles. The van der Waals surface area contributed by atoms with E-state index >= 15 is 0 Å². The van der Waals surface area contributed by atoms with Crippen LogP contribution in [0, 0.1) is 6.92 Å². The molecule has 0 saturated heterocycles. The predicted molar refractivity (Wildman–Crippen MR) is 81.2 cm³/mol. The molecule has 3 N–H and O–H groups in total. The molecule has 4 heteroatoms. The Morgan fingerprint density at radius 3 is 2.95 bits per heavy atom. The third-order valence-corrected chi connectivity index (χ3v) is 4.04. The van der Waals surface area contributed by atoms with Gasteiger partial charge in [0.2, 0.25) is 0 Å². The number of aryl methyl sites for hydroxylation is 1. The van der Waals surface area contributed by atoms with E-state index in [-0.39, 0.29) is 12.1 Å². The number of hydrogen-bond donors (Lipinski definition) is 2. The molecule has 2 aromatic rings. The highest BCUT2D eigenvalue weighted by Crippen LogP contribution is 2.33. The molecule has 3 nitrogen and oxygen atoms in total. The smallest absolute Gasteiger partial charge is 0.129 e. The Kier molecular flexibility index (Phi) is 3.29. The fourth-order valence-corrected chi connectivity index (χ4v) is 3.10. The zero-order valence-corrected chi connectivity index (χ0v) is 12.3. The van der Waals surface area contributed by atoms with Crippen LogP contribution in [0.25, 0.3) is 0 Å². The monoisotopic (exact) mass is 317 g/mol. The van der Waals surface area contributed by atoms with Crippen molar-refractivity contribution in [3.05, 3.63) is 57.7 Å². The topological polar surface area (TPSA) is 50.9 Å². The van der Waals surface area contributed by atoms with E-state index in [9.17, 15) is 0 Å². The molecule has 2 atom stereocenters. The minimum atomic E-state index is 0.0993. The minimum absolute atomic E-state index is 0.0993. The Bertz CT molecular complexity index is 612. The molecule has 0 spiro atoms. The number of benzene rings is 1. The molecule has 1 aromatic heterocycles. The van der Waals surface area contributed by atoms with E-state index in [1.165, 1.54) is 11.1 Å². The van der Waals surface area contributed by atoms with Crippen molar-refractivity contribution in [3.63, 3.8) is 0 Å². The summed E-state index contributed by atoms with van der Waals surface area (Å²) in [4.78, 5) is 4.44. The Hall–Kier alpha value is -1.39. The maximum Gasteiger partial charge on any atom is 0.129 e. The summed E-state index contributed by atoms with van der Waals surface area (Å²) < 4.78 is 0.992. The predicted octanol–water partition coefficient (Wildman–Crippen LogP) is 3.19. The number of nitrogens with zero attached hydrogens (tertiary/aromatic N) is 1. The number of halogens is 1. The van der Waals surface area contributed by atoms with Crippen LogP contribution in [0.2, 0.25) is 0 Å². The van der Waals surface area contributed by atoms with Crippen LogP contribution < -0.4 is 11.1 Å². The molecule has 0 amide bonds. The second-order valence-electron chi connectivity index (χ2n) is 5.01. The van der Waals surface area contributed by atoms with Crippen molar-refractivity contribution in [2.24, 2.45) is 5.73 Å². The van der Waals surface area contributed by atoms with Gasteiger partial charge in [-0.15, -0.1) is 0 Å². The number of pyridine rings is 1. The molecule has 1 aliphatic rings. The molecule has 98 valence electrons. The number of rotatable bonds is 2. The first kappa shape index (κ1) is 12.6. The Labute approximate surface area is 121 Å². The standard InChI is InChI=1S/C15H16BrN3/c1-9-6-11(16)8-18-15(9)19-14-12-5-3-2-4-10(12)7-13(14)17/h2-6,8,13-14H,7,17H2,1H3,(H,18,19). The van der Waals surface area contributed by atoms with Gasteiger partial charge in [-0.3, -0.25) is 0 Å². The van der Waals surface area contributed by atoms with E-state index in [0.717, 1.165) is 22.3 Å². The zero-order chi connectivity index (χ0) is 13.4. The van der Waals surface area contributed by atoms with Crippen molar-refractivity contribution in [1.82, 2.24) is 4.98 Å². The lowest BCUT2D eigenvalue weighted by Crippen LogP contribution is -2.30. The molecule has 0 bridgehead atoms. The van der Waals surface area contributed by atoms with Crippen molar-refractivity contribution < 1.29 is 0 Å². The van der Waals surface area contributed by atoms with Crippen molar-refractivity contribution in [1.29, 1.82) is 0 Å². The summed E-state index contributed by atoms with van der Waals surface area (Å²) in [6.07, 6.45) is 2.73. The summed E-state index contributed by atoms with van der Waals surface area (Å²) in [5.74, 6) is 0.903. The summed E-state index contributed by atoms with van der Waals surface area (Å²) >= 11 is 3.43. The number of nitrogens with two attached hydrogens (primary N) is 1. The SMILES string of the molecule is Cc1cc(Br)cnc1NC1c2ccccc2CC1N. The number of aromatic nitrogens is 1. The number of anilines is 1. The molecule has 2 unspecified atom stereocenters. The molecule has 0 fully saturated rings. The molecule has 0 saturated carbocycles. The molecule has 0 aliphatic heterocycles. The van der Waals surface area contributed by atoms with Gasteiger partial charge in [0.1, 0.15) is 5.82 Å². The van der Waals surface area contributed by atoms with E-state index in [4.69, 9.17) is 5.73 Å². The summed E-state index contributed by atoms with van der Waals surface area (Å²) in [5.41, 5.74) is 10.0. The van der Waals surface area contributed by atoms with E-state index in [0.29, 0.717) is 0 Å². The number of nitrogens with one attached hydrogen (secondary N) is 1. The van der Waals surface area contributed by atoms with Gasteiger partial charge in [-0.2, -0.15) is 0 Å². The quantitative estimate of drug-likeness (QED) is 0.894. The molecule has 3 rings (SSSR count). The Morgan fingerprint density at radius 1 is 1.37 bits per heavy atom. The van der Waals surface area contributed by atoms with Gasteiger partial charge in [-0.05, 0) is 52.0 Å². The number of hydrogen-bond acceptors (Lipinski definition) is 3. The lowest BCUT2D eigenvalue weighted by Gasteiger charge is -2.20. The second kappa shape index (κ2) is 4.94. The van der Waals surface area contributed by atoms with E-state index < -0.39 is 0 Å². The highest BCUT2D eigenvalue weighted by molar-refractivity contribution is 9.10. The average Bonchev–Trinajstić information content (AvgIpc) is 2.69. The fourth-order valence-electron chi connectivity index (χ4n) is 2.65. The highest BCUT2D eigenvalue weighted by atomic mass is 79.9. The zero-order valence-electron chi connectivity index (χ0n) is 10.7. The van der Waals surface area contributed by atoms with Crippen LogP contribution in [0.3, 0.4) is 0 Å². The first-order valence-corrected chi connectivity index (χ1v) is 7.16. The van der Waals surface area contributed by atoms with Crippen LogP contribution in [0.5, 0.6) is 0 Å². The summed E-state index contributed by atoms with van der Waals surface area (Å²) in [6, 6.07) is 10.7. The van der Waals surface area contributed by atoms with Gasteiger partial charge >= 0.3 is 0 Å². The first-order valence-electron chi connectivity index (χ1n) is 6.37. The maximum absolute atomic E-state index is 6.26. The van der Waals surface area contributed by atoms with Gasteiger partial charge in [0.25, 0.3) is 0 Å². The van der Waals surface area contributed by atoms with Gasteiger partial charge in [-0.25, -0.2) is 4.98 Å². The molecule has 1 heterocycles. The lowest BCUT2D eigenvalue weighted by atomic mass is 10.1. The van der Waals surface area contributed by atoms with Crippen LogP contribution >= 0.6 is 15.9 Å². The average molecular weight is 318 g/mol. The number of fused-ring (bicyclic) bond motifs is 1. The minimum Gasteiger partial charge on any atom is -0.361 e. The highest BCUT2D eigenvalue weighted by Gasteiger charge is 2.29. The van der Waals surface area contributed by atoms with Crippen LogP contribution in [0.15, 0.2) is 41.0 Å². The summed E-state index contributed by atoms with van der Waals surface area (Å²) in [7, 11) is 0. The fraction of sp³-hybridized carbons (Fsp3) is 0.267. The second-order valence-corrected chi connectivity index (χ2v) is 5.92. The van der Waals surface area contributed by atoms with Gasteiger partial charge in [-0.1, -0.05) is 24.3 Å². The van der Waals surface area contributed by atoms with Crippen molar-refractivity contribution in [2.75, 3.05) is 5.32 Å². The lowest BCUT2D eigenvalue weighted by molar-refractivity contribution is 0.623. The van der Waals surface area contributed by atoms with Crippen molar-refractivity contribution in [2.45, 2.75) is 25.4 Å². The van der Waals surface area contributed by atoms with Crippen molar-refractivity contribution >= 4 is 21.7 Å². The third-order valence-electron chi connectivity index (χ3n) is 3.61. The Balaban J connectivity index is 1.91. The molecule has 19 heavy (non-hydrogen) atoms. The van der Waals surface area contributed by atoms with E-state index in [1.807, 2.05) is 13.1 Å². The van der Waals surface area contributed by atoms with E-state index in [2.05, 4.69) is 56.6 Å². The third kappa shape index (κ3) is 2.38. The normalized spacial score (nSPS) is 21.2. The van der Waals surface area contributed by atoms with Crippen LogP contribution in [-0.4, -0.2) is 11.0 Å². The van der Waals surface area contributed by atoms with Gasteiger partial charge in [0, 0.05) is 16.7 Å². The molecule has 1 aliphatic carbocycles. The van der Waals surface area contributed by atoms with Gasteiger partial charge in [0.15, 0.2) is 0 Å². The molecular formula is C15H16BrN3. The van der Waals surface area contributed by atoms with Crippen LogP contribution in [0.1, 0.15) is 22.7 Å². The van der Waals surface area contributed by atoms with E-state index in [1.54, 1.807) is 0 Å².